The lowest BCUT2D eigenvalue weighted by atomic mass is 10.2. The van der Waals surface area contributed by atoms with Crippen molar-refractivity contribution in [3.8, 4) is 0 Å². The van der Waals surface area contributed by atoms with Crippen LogP contribution in [0.4, 0.5) is 4.79 Å². The van der Waals surface area contributed by atoms with Gasteiger partial charge in [-0.1, -0.05) is 25.9 Å². The number of hydrogen-bond acceptors (Lipinski definition) is 6. The monoisotopic (exact) mass is 337 g/mol. The average Bonchev–Trinajstić information content (AvgIpc) is 3.14. The second-order valence-corrected chi connectivity index (χ2v) is 6.53. The minimum Gasteiger partial charge on any atom is -0.339 e. The molecule has 1 atom stereocenters. The molecule has 0 aromatic carbocycles. The summed E-state index contributed by atoms with van der Waals surface area (Å²) in [5.74, 6) is 1.46. The molecular weight excluding hydrogens is 314 g/mol. The van der Waals surface area contributed by atoms with Crippen LogP contribution in [0.5, 0.6) is 0 Å². The highest BCUT2D eigenvalue weighted by Gasteiger charge is 2.16. The van der Waals surface area contributed by atoms with Gasteiger partial charge in [0, 0.05) is 30.0 Å². The Morgan fingerprint density at radius 3 is 2.74 bits per heavy atom. The van der Waals surface area contributed by atoms with Crippen LogP contribution in [0, 0.1) is 6.92 Å². The van der Waals surface area contributed by atoms with Crippen molar-refractivity contribution in [3.63, 3.8) is 0 Å². The molecule has 2 heterocycles. The molecular formula is C15H23N5O2S. The molecule has 2 N–H and O–H groups in total. The second kappa shape index (κ2) is 8.05. The highest BCUT2D eigenvalue weighted by atomic mass is 32.1. The smallest absolute Gasteiger partial charge is 0.315 e. The number of carbonyl (C=O) groups excluding carboxylic acids is 1. The van der Waals surface area contributed by atoms with E-state index in [4.69, 9.17) is 4.52 Å². The molecule has 0 unspecified atom stereocenters. The molecule has 0 saturated heterocycles. The molecule has 0 aliphatic carbocycles. The first kappa shape index (κ1) is 17.4. The molecule has 0 spiro atoms. The van der Waals surface area contributed by atoms with Crippen LogP contribution < -0.4 is 10.6 Å². The van der Waals surface area contributed by atoms with E-state index in [9.17, 15) is 4.79 Å². The van der Waals surface area contributed by atoms with E-state index in [-0.39, 0.29) is 18.0 Å². The summed E-state index contributed by atoms with van der Waals surface area (Å²) in [6, 6.07) is -0.280. The number of nitrogens with one attached hydrogen (secondary N) is 2. The third-order valence-corrected chi connectivity index (χ3v) is 4.35. The van der Waals surface area contributed by atoms with Gasteiger partial charge in [-0.2, -0.15) is 4.98 Å². The van der Waals surface area contributed by atoms with Crippen LogP contribution in [-0.2, 0) is 6.42 Å². The van der Waals surface area contributed by atoms with Gasteiger partial charge in [0.2, 0.25) is 5.89 Å². The van der Waals surface area contributed by atoms with E-state index in [0.29, 0.717) is 24.7 Å². The van der Waals surface area contributed by atoms with E-state index in [0.717, 1.165) is 17.1 Å². The quantitative estimate of drug-likeness (QED) is 0.810. The molecule has 126 valence electrons. The summed E-state index contributed by atoms with van der Waals surface area (Å²) < 4.78 is 5.14. The Bertz CT molecular complexity index is 637. The van der Waals surface area contributed by atoms with Crippen LogP contribution in [0.2, 0.25) is 0 Å². The number of rotatable bonds is 7. The number of nitrogens with zero attached hydrogens (tertiary/aromatic N) is 3. The van der Waals surface area contributed by atoms with Gasteiger partial charge in [0.05, 0.1) is 6.04 Å². The Hall–Kier alpha value is -1.96. The molecule has 2 amide bonds. The number of urea groups is 1. The molecule has 23 heavy (non-hydrogen) atoms. The molecule has 0 saturated carbocycles. The largest absolute Gasteiger partial charge is 0.339 e. The summed E-state index contributed by atoms with van der Waals surface area (Å²) in [6.07, 6.45) is 1.31. The molecule has 2 aromatic rings. The lowest BCUT2D eigenvalue weighted by Gasteiger charge is -2.14. The van der Waals surface area contributed by atoms with Gasteiger partial charge in [0.1, 0.15) is 5.01 Å². The molecule has 0 radical (unpaired) electrons. The van der Waals surface area contributed by atoms with Crippen molar-refractivity contribution < 1.29 is 9.32 Å². The summed E-state index contributed by atoms with van der Waals surface area (Å²) in [7, 11) is 0. The van der Waals surface area contributed by atoms with E-state index in [2.05, 4.69) is 25.8 Å². The Morgan fingerprint density at radius 1 is 1.39 bits per heavy atom. The highest BCUT2D eigenvalue weighted by Crippen LogP contribution is 2.20. The summed E-state index contributed by atoms with van der Waals surface area (Å²) in [5, 5.41) is 12.6. The molecule has 2 rings (SSSR count). The Kier molecular flexibility index (Phi) is 6.09. The van der Waals surface area contributed by atoms with Crippen molar-refractivity contribution in [1.82, 2.24) is 25.8 Å². The van der Waals surface area contributed by atoms with Crippen molar-refractivity contribution in [2.24, 2.45) is 0 Å². The SMILES string of the molecule is CC[C@H](NC(=O)NCCc1nc(C(C)C)no1)c1nc(C)cs1. The number of aryl methyl sites for hydroxylation is 1. The second-order valence-electron chi connectivity index (χ2n) is 5.64. The van der Waals surface area contributed by atoms with Crippen molar-refractivity contribution in [2.45, 2.75) is 52.5 Å². The van der Waals surface area contributed by atoms with E-state index in [1.54, 1.807) is 11.3 Å². The fourth-order valence-electron chi connectivity index (χ4n) is 1.97. The molecule has 0 aliphatic rings. The molecule has 0 fully saturated rings. The number of aromatic nitrogens is 3. The highest BCUT2D eigenvalue weighted by molar-refractivity contribution is 7.09. The first-order valence-electron chi connectivity index (χ1n) is 7.78. The molecule has 2 aromatic heterocycles. The van der Waals surface area contributed by atoms with Crippen LogP contribution in [0.3, 0.4) is 0 Å². The number of hydrogen-bond donors (Lipinski definition) is 2. The van der Waals surface area contributed by atoms with Gasteiger partial charge in [-0.15, -0.1) is 11.3 Å². The topological polar surface area (TPSA) is 92.9 Å². The van der Waals surface area contributed by atoms with Crippen LogP contribution in [0.25, 0.3) is 0 Å². The molecule has 0 aliphatic heterocycles. The van der Waals surface area contributed by atoms with Crippen LogP contribution in [-0.4, -0.2) is 27.7 Å². The summed E-state index contributed by atoms with van der Waals surface area (Å²) in [5.41, 5.74) is 0.975. The maximum atomic E-state index is 12.0. The average molecular weight is 337 g/mol. The van der Waals surface area contributed by atoms with E-state index in [1.807, 2.05) is 33.1 Å². The molecule has 0 bridgehead atoms. The molecule has 7 nitrogen and oxygen atoms in total. The van der Waals surface area contributed by atoms with Gasteiger partial charge in [0.15, 0.2) is 5.82 Å². The predicted octanol–water partition coefficient (Wildman–Crippen LogP) is 2.95. The van der Waals surface area contributed by atoms with E-state index in [1.165, 1.54) is 0 Å². The summed E-state index contributed by atoms with van der Waals surface area (Å²) in [4.78, 5) is 20.7. The Labute approximate surface area is 139 Å². The Morgan fingerprint density at radius 2 is 2.17 bits per heavy atom. The summed E-state index contributed by atoms with van der Waals surface area (Å²) >= 11 is 1.56. The summed E-state index contributed by atoms with van der Waals surface area (Å²) in [6.45, 7) is 8.42. The molecule has 8 heteroatoms. The first-order chi connectivity index (χ1) is 11.0. The van der Waals surface area contributed by atoms with E-state index < -0.39 is 0 Å². The number of thiazole rings is 1. The minimum absolute atomic E-state index is 0.0651. The van der Waals surface area contributed by atoms with Crippen LogP contribution in [0.15, 0.2) is 9.90 Å². The fraction of sp³-hybridized carbons (Fsp3) is 0.600. The third-order valence-electron chi connectivity index (χ3n) is 3.27. The lowest BCUT2D eigenvalue weighted by Crippen LogP contribution is -2.38. The minimum atomic E-state index is -0.215. The van der Waals surface area contributed by atoms with Crippen molar-refractivity contribution in [2.75, 3.05) is 6.54 Å². The van der Waals surface area contributed by atoms with Crippen molar-refractivity contribution in [3.05, 3.63) is 27.8 Å². The number of amides is 2. The standard InChI is InChI=1S/C15H23N5O2S/c1-5-11(14-17-10(4)8-23-14)18-15(21)16-7-6-12-19-13(9(2)3)20-22-12/h8-9,11H,5-7H2,1-4H3,(H2,16,18,21)/t11-/m0/s1. The van der Waals surface area contributed by atoms with Gasteiger partial charge >= 0.3 is 6.03 Å². The zero-order valence-corrected chi connectivity index (χ0v) is 14.7. The van der Waals surface area contributed by atoms with Gasteiger partial charge < -0.3 is 15.2 Å². The third kappa shape index (κ3) is 5.02. The van der Waals surface area contributed by atoms with Crippen LogP contribution in [0.1, 0.15) is 61.6 Å². The van der Waals surface area contributed by atoms with Gasteiger partial charge in [-0.3, -0.25) is 0 Å². The van der Waals surface area contributed by atoms with Gasteiger partial charge in [-0.05, 0) is 13.3 Å². The van der Waals surface area contributed by atoms with Gasteiger partial charge in [0.25, 0.3) is 0 Å². The fourth-order valence-corrected chi connectivity index (χ4v) is 2.90. The van der Waals surface area contributed by atoms with Gasteiger partial charge in [-0.25, -0.2) is 9.78 Å². The zero-order valence-electron chi connectivity index (χ0n) is 13.9. The maximum Gasteiger partial charge on any atom is 0.315 e. The van der Waals surface area contributed by atoms with Crippen molar-refractivity contribution >= 4 is 17.4 Å². The van der Waals surface area contributed by atoms with Crippen molar-refractivity contribution in [1.29, 1.82) is 0 Å². The lowest BCUT2D eigenvalue weighted by molar-refractivity contribution is 0.236. The Balaban J connectivity index is 1.77. The normalized spacial score (nSPS) is 12.4. The first-order valence-corrected chi connectivity index (χ1v) is 8.66. The van der Waals surface area contributed by atoms with Crippen LogP contribution >= 0.6 is 11.3 Å². The predicted molar refractivity (Wildman–Crippen MR) is 88.5 cm³/mol. The number of carbonyl (C=O) groups is 1. The maximum absolute atomic E-state index is 12.0. The zero-order chi connectivity index (χ0) is 16.8. The van der Waals surface area contributed by atoms with E-state index >= 15 is 0 Å².